The number of carbonyl (C=O) groups excluding carboxylic acids is 3. The number of halogens is 2. The molecule has 2 aromatic carbocycles. The van der Waals surface area contributed by atoms with E-state index in [1.807, 2.05) is 0 Å². The van der Waals surface area contributed by atoms with Crippen LogP contribution in [0.5, 0.6) is 17.2 Å². The van der Waals surface area contributed by atoms with Gasteiger partial charge in [-0.05, 0) is 76.3 Å². The molecule has 0 aliphatic carbocycles. The van der Waals surface area contributed by atoms with E-state index >= 15 is 0 Å². The van der Waals surface area contributed by atoms with Crippen molar-refractivity contribution in [1.29, 1.82) is 0 Å². The van der Waals surface area contributed by atoms with Gasteiger partial charge in [-0.3, -0.25) is 19.3 Å². The second-order valence-corrected chi connectivity index (χ2v) is 9.25. The summed E-state index contributed by atoms with van der Waals surface area (Å²) < 4.78 is 16.7. The lowest BCUT2D eigenvalue weighted by Gasteiger charge is -2.13. The zero-order chi connectivity index (χ0) is 24.8. The molecule has 1 aliphatic heterocycles. The van der Waals surface area contributed by atoms with E-state index in [2.05, 4.69) is 33.8 Å². The van der Waals surface area contributed by atoms with Gasteiger partial charge in [0.1, 0.15) is 18.9 Å². The number of methoxy groups -OCH3 is 2. The van der Waals surface area contributed by atoms with Gasteiger partial charge in [0.25, 0.3) is 11.1 Å². The standard InChI is InChI=1S/C23H18ClIN2O6S/c1-4-7-33-21-16(25)8-13(9-18(21)32-3)10-19-22(29)27(23(30)34-19)12-20(28)26-14-5-6-17(31-2)15(24)11-14/h1,5-6,8-11H,7,12H2,2-3H3,(H,26,28)/b19-10+. The second-order valence-electron chi connectivity index (χ2n) is 6.69. The van der Waals surface area contributed by atoms with Crippen molar-refractivity contribution in [3.05, 3.63) is 49.4 Å². The molecule has 0 radical (unpaired) electrons. The fraction of sp³-hybridized carbons (Fsp3) is 0.174. The molecule has 0 atom stereocenters. The van der Waals surface area contributed by atoms with Crippen LogP contribution in [0, 0.1) is 15.9 Å². The van der Waals surface area contributed by atoms with Crippen molar-refractivity contribution in [3.63, 3.8) is 0 Å². The number of rotatable bonds is 8. The minimum Gasteiger partial charge on any atom is -0.495 e. The van der Waals surface area contributed by atoms with Crippen LogP contribution in [-0.2, 0) is 9.59 Å². The Morgan fingerprint density at radius 1 is 1.24 bits per heavy atom. The van der Waals surface area contributed by atoms with Gasteiger partial charge in [0.05, 0.1) is 27.7 Å². The lowest BCUT2D eigenvalue weighted by molar-refractivity contribution is -0.127. The van der Waals surface area contributed by atoms with E-state index in [0.717, 1.165) is 20.2 Å². The van der Waals surface area contributed by atoms with E-state index in [-0.39, 0.29) is 11.5 Å². The third-order valence-corrected chi connectivity index (χ3v) is 6.46. The van der Waals surface area contributed by atoms with Crippen LogP contribution >= 0.6 is 46.0 Å². The summed E-state index contributed by atoms with van der Waals surface area (Å²) in [7, 11) is 2.96. The summed E-state index contributed by atoms with van der Waals surface area (Å²) in [6.07, 6.45) is 6.81. The molecule has 0 spiro atoms. The van der Waals surface area contributed by atoms with Crippen LogP contribution < -0.4 is 19.5 Å². The summed E-state index contributed by atoms with van der Waals surface area (Å²) in [5, 5.41) is 2.38. The van der Waals surface area contributed by atoms with Crippen LogP contribution in [0.1, 0.15) is 5.56 Å². The van der Waals surface area contributed by atoms with Crippen LogP contribution in [0.2, 0.25) is 5.02 Å². The second kappa shape index (κ2) is 11.5. The topological polar surface area (TPSA) is 94.2 Å². The van der Waals surface area contributed by atoms with E-state index in [1.54, 1.807) is 30.3 Å². The van der Waals surface area contributed by atoms with E-state index in [4.69, 9.17) is 32.2 Å². The minimum absolute atomic E-state index is 0.0788. The molecular formula is C23H18ClIN2O6S. The van der Waals surface area contributed by atoms with Gasteiger partial charge in [0, 0.05) is 5.69 Å². The Labute approximate surface area is 219 Å². The van der Waals surface area contributed by atoms with Crippen LogP contribution in [0.25, 0.3) is 6.08 Å². The maximum Gasteiger partial charge on any atom is 0.294 e. The molecule has 8 nitrogen and oxygen atoms in total. The fourth-order valence-electron chi connectivity index (χ4n) is 2.95. The van der Waals surface area contributed by atoms with Gasteiger partial charge < -0.3 is 19.5 Å². The van der Waals surface area contributed by atoms with Crippen LogP contribution in [-0.4, -0.2) is 49.3 Å². The number of carbonyl (C=O) groups is 3. The highest BCUT2D eigenvalue weighted by molar-refractivity contribution is 14.1. The van der Waals surface area contributed by atoms with Gasteiger partial charge in [0.15, 0.2) is 11.5 Å². The minimum atomic E-state index is -0.570. The summed E-state index contributed by atoms with van der Waals surface area (Å²) >= 11 is 8.88. The molecule has 3 rings (SSSR count). The van der Waals surface area contributed by atoms with E-state index in [1.165, 1.54) is 20.3 Å². The van der Waals surface area contributed by atoms with Crippen molar-refractivity contribution in [3.8, 4) is 29.6 Å². The van der Waals surface area contributed by atoms with Crippen molar-refractivity contribution in [2.45, 2.75) is 0 Å². The molecule has 2 aromatic rings. The predicted molar refractivity (Wildman–Crippen MR) is 139 cm³/mol. The lowest BCUT2D eigenvalue weighted by atomic mass is 10.2. The molecule has 176 valence electrons. The normalized spacial score (nSPS) is 14.2. The Kier molecular flexibility index (Phi) is 8.71. The van der Waals surface area contributed by atoms with Gasteiger partial charge in [-0.1, -0.05) is 17.5 Å². The lowest BCUT2D eigenvalue weighted by Crippen LogP contribution is -2.36. The van der Waals surface area contributed by atoms with Gasteiger partial charge in [-0.15, -0.1) is 6.42 Å². The van der Waals surface area contributed by atoms with Gasteiger partial charge in [0.2, 0.25) is 5.91 Å². The molecule has 0 saturated carbocycles. The third-order valence-electron chi connectivity index (χ3n) is 4.46. The van der Waals surface area contributed by atoms with Gasteiger partial charge in [-0.25, -0.2) is 0 Å². The van der Waals surface area contributed by atoms with E-state index < -0.39 is 23.6 Å². The Morgan fingerprint density at radius 3 is 2.62 bits per heavy atom. The first-order valence-corrected chi connectivity index (χ1v) is 11.9. The summed E-state index contributed by atoms with van der Waals surface area (Å²) in [5.74, 6) is 2.66. The molecule has 1 N–H and O–H groups in total. The number of amides is 3. The monoisotopic (exact) mass is 612 g/mol. The number of benzene rings is 2. The zero-order valence-electron chi connectivity index (χ0n) is 18.0. The van der Waals surface area contributed by atoms with Gasteiger partial charge >= 0.3 is 0 Å². The van der Waals surface area contributed by atoms with Crippen LogP contribution in [0.15, 0.2) is 35.2 Å². The summed E-state index contributed by atoms with van der Waals surface area (Å²) in [6.45, 7) is -0.360. The summed E-state index contributed by atoms with van der Waals surface area (Å²) in [6, 6.07) is 8.14. The number of nitrogens with one attached hydrogen (secondary N) is 1. The number of imide groups is 1. The van der Waals surface area contributed by atoms with Crippen LogP contribution in [0.4, 0.5) is 10.5 Å². The van der Waals surface area contributed by atoms with E-state index in [9.17, 15) is 14.4 Å². The highest BCUT2D eigenvalue weighted by Gasteiger charge is 2.36. The number of hydrogen-bond donors (Lipinski definition) is 1. The molecule has 1 aliphatic rings. The molecule has 0 bridgehead atoms. The molecule has 11 heteroatoms. The first-order valence-electron chi connectivity index (χ1n) is 9.60. The van der Waals surface area contributed by atoms with Crippen molar-refractivity contribution < 1.29 is 28.6 Å². The molecule has 3 amide bonds. The highest BCUT2D eigenvalue weighted by Crippen LogP contribution is 2.37. The summed E-state index contributed by atoms with van der Waals surface area (Å²) in [4.78, 5) is 38.7. The Bertz CT molecular complexity index is 1230. The average Bonchev–Trinajstić information content (AvgIpc) is 3.05. The number of nitrogens with zero attached hydrogens (tertiary/aromatic N) is 1. The fourth-order valence-corrected chi connectivity index (χ4v) is 4.83. The molecular weight excluding hydrogens is 595 g/mol. The first kappa shape index (κ1) is 25.7. The number of terminal acetylenes is 1. The van der Waals surface area contributed by atoms with Crippen molar-refractivity contribution in [2.24, 2.45) is 0 Å². The SMILES string of the molecule is C#CCOc1c(I)cc(/C=C2/SC(=O)N(CC(=O)Nc3ccc(OC)c(Cl)c3)C2=O)cc1OC. The van der Waals surface area contributed by atoms with E-state index in [0.29, 0.717) is 33.5 Å². The molecule has 0 unspecified atom stereocenters. The molecule has 1 heterocycles. The Hall–Kier alpha value is -2.88. The zero-order valence-corrected chi connectivity index (χ0v) is 21.7. The summed E-state index contributed by atoms with van der Waals surface area (Å²) in [5.41, 5.74) is 1.03. The quantitative estimate of drug-likeness (QED) is 0.264. The molecule has 1 fully saturated rings. The average molecular weight is 613 g/mol. The molecule has 0 aromatic heterocycles. The molecule has 34 heavy (non-hydrogen) atoms. The molecule has 1 saturated heterocycles. The smallest absolute Gasteiger partial charge is 0.294 e. The number of thioether (sulfide) groups is 1. The number of ether oxygens (including phenoxy) is 3. The van der Waals surface area contributed by atoms with Crippen molar-refractivity contribution in [1.82, 2.24) is 4.90 Å². The Balaban J connectivity index is 1.74. The van der Waals surface area contributed by atoms with Crippen LogP contribution in [0.3, 0.4) is 0 Å². The number of anilines is 1. The maximum absolute atomic E-state index is 12.8. The maximum atomic E-state index is 12.8. The van der Waals surface area contributed by atoms with Crippen molar-refractivity contribution in [2.75, 3.05) is 32.7 Å². The number of hydrogen-bond acceptors (Lipinski definition) is 7. The largest absolute Gasteiger partial charge is 0.495 e. The van der Waals surface area contributed by atoms with Crippen molar-refractivity contribution >= 4 is 74.8 Å². The Morgan fingerprint density at radius 2 is 1.97 bits per heavy atom. The predicted octanol–water partition coefficient (Wildman–Crippen LogP) is 4.65. The highest BCUT2D eigenvalue weighted by atomic mass is 127. The van der Waals surface area contributed by atoms with Gasteiger partial charge in [-0.2, -0.15) is 0 Å². The first-order chi connectivity index (χ1) is 16.3. The third kappa shape index (κ3) is 5.97.